The molecule has 0 aromatic carbocycles. The molecule has 5 heteroatoms. The Morgan fingerprint density at radius 2 is 2.24 bits per heavy atom. The number of carbonyl (C=O) groups excluding carboxylic acids is 1. The molecule has 0 saturated heterocycles. The fourth-order valence-electron chi connectivity index (χ4n) is 1.42. The van der Waals surface area contributed by atoms with Crippen molar-refractivity contribution in [3.63, 3.8) is 0 Å². The molecule has 1 aliphatic rings. The molecule has 1 aliphatic heterocycles. The van der Waals surface area contributed by atoms with E-state index in [1.54, 1.807) is 39.1 Å². The van der Waals surface area contributed by atoms with Crippen molar-refractivity contribution in [3.8, 4) is 0 Å². The van der Waals surface area contributed by atoms with Crippen LogP contribution in [0.4, 0.5) is 4.79 Å². The molecule has 1 heterocycles. The van der Waals surface area contributed by atoms with Gasteiger partial charge in [0.25, 0.3) is 0 Å². The first-order valence-electron chi connectivity index (χ1n) is 5.60. The maximum absolute atomic E-state index is 11.8. The first-order valence-corrected chi connectivity index (χ1v) is 5.60. The number of allylic oxidation sites excluding steroid dienone is 1. The molecule has 1 atom stereocenters. The number of aliphatic hydroxyl groups is 1. The molecular formula is C12H20N2O3. The molecular weight excluding hydrogens is 220 g/mol. The fraction of sp³-hybridized carbons (Fsp3) is 0.583. The van der Waals surface area contributed by atoms with Crippen molar-refractivity contribution in [2.24, 2.45) is 5.73 Å². The van der Waals surface area contributed by atoms with Crippen molar-refractivity contribution in [3.05, 3.63) is 23.9 Å². The molecule has 0 radical (unpaired) electrons. The van der Waals surface area contributed by atoms with Gasteiger partial charge in [0, 0.05) is 12.8 Å². The van der Waals surface area contributed by atoms with E-state index in [-0.39, 0.29) is 6.61 Å². The topological polar surface area (TPSA) is 75.8 Å². The molecule has 0 spiro atoms. The smallest absolute Gasteiger partial charge is 0.415 e. The lowest BCUT2D eigenvalue weighted by atomic mass is 10.1. The zero-order valence-electron chi connectivity index (χ0n) is 10.5. The quantitative estimate of drug-likeness (QED) is 0.763. The first-order chi connectivity index (χ1) is 7.83. The van der Waals surface area contributed by atoms with Crippen LogP contribution in [0.1, 0.15) is 27.2 Å². The Morgan fingerprint density at radius 1 is 1.59 bits per heavy atom. The van der Waals surface area contributed by atoms with Crippen LogP contribution in [-0.4, -0.2) is 34.5 Å². The molecule has 3 N–H and O–H groups in total. The minimum absolute atomic E-state index is 0.0648. The Bertz CT molecular complexity index is 342. The van der Waals surface area contributed by atoms with Crippen molar-refractivity contribution in [2.45, 2.75) is 39.0 Å². The predicted molar refractivity (Wildman–Crippen MR) is 65.0 cm³/mol. The lowest BCUT2D eigenvalue weighted by Crippen LogP contribution is -2.44. The number of aliphatic hydroxyl groups excluding tert-OH is 1. The first kappa shape index (κ1) is 13.7. The van der Waals surface area contributed by atoms with Gasteiger partial charge in [-0.15, -0.1) is 0 Å². The molecule has 0 bridgehead atoms. The standard InChI is InChI=1S/C12H20N2O3/c1-12(2,3)17-11(16)14-6-4-9(5-7-15)8-10(14)13/h4,6,8,10,15H,5,7,13H2,1-3H3. The third-order valence-electron chi connectivity index (χ3n) is 2.16. The Labute approximate surface area is 102 Å². The van der Waals surface area contributed by atoms with Gasteiger partial charge >= 0.3 is 6.09 Å². The van der Waals surface area contributed by atoms with Crippen LogP contribution in [0.3, 0.4) is 0 Å². The van der Waals surface area contributed by atoms with Gasteiger partial charge in [-0.2, -0.15) is 0 Å². The minimum Gasteiger partial charge on any atom is -0.443 e. The Morgan fingerprint density at radius 3 is 2.71 bits per heavy atom. The molecule has 5 nitrogen and oxygen atoms in total. The summed E-state index contributed by atoms with van der Waals surface area (Å²) in [5.74, 6) is 0. The van der Waals surface area contributed by atoms with E-state index in [1.165, 1.54) is 4.90 Å². The van der Waals surface area contributed by atoms with Crippen molar-refractivity contribution in [1.29, 1.82) is 0 Å². The van der Waals surface area contributed by atoms with E-state index < -0.39 is 17.9 Å². The molecule has 96 valence electrons. The average molecular weight is 240 g/mol. The number of rotatable bonds is 2. The van der Waals surface area contributed by atoms with Gasteiger partial charge in [-0.3, -0.25) is 4.90 Å². The monoisotopic (exact) mass is 240 g/mol. The van der Waals surface area contributed by atoms with Crippen LogP contribution < -0.4 is 5.73 Å². The summed E-state index contributed by atoms with van der Waals surface area (Å²) >= 11 is 0. The maximum Gasteiger partial charge on any atom is 0.415 e. The van der Waals surface area contributed by atoms with Crippen LogP contribution in [0.25, 0.3) is 0 Å². The highest BCUT2D eigenvalue weighted by molar-refractivity contribution is 5.70. The molecule has 0 aliphatic carbocycles. The van der Waals surface area contributed by atoms with E-state index in [2.05, 4.69) is 0 Å². The number of hydrogen-bond acceptors (Lipinski definition) is 4. The largest absolute Gasteiger partial charge is 0.443 e. The van der Waals surface area contributed by atoms with Gasteiger partial charge in [-0.25, -0.2) is 4.79 Å². The van der Waals surface area contributed by atoms with Gasteiger partial charge in [0.15, 0.2) is 0 Å². The van der Waals surface area contributed by atoms with E-state index in [9.17, 15) is 4.79 Å². The molecule has 0 saturated carbocycles. The Kier molecular flexibility index (Phi) is 4.31. The van der Waals surface area contributed by atoms with Crippen LogP contribution >= 0.6 is 0 Å². The molecule has 0 aromatic rings. The van der Waals surface area contributed by atoms with Crippen molar-refractivity contribution >= 4 is 6.09 Å². The molecule has 1 rings (SSSR count). The molecule has 1 amide bonds. The summed E-state index contributed by atoms with van der Waals surface area (Å²) in [6.45, 7) is 5.47. The number of carbonyl (C=O) groups is 1. The predicted octanol–water partition coefficient (Wildman–Crippen LogP) is 1.34. The third-order valence-corrected chi connectivity index (χ3v) is 2.16. The number of amides is 1. The van der Waals surface area contributed by atoms with E-state index in [0.29, 0.717) is 6.42 Å². The zero-order valence-corrected chi connectivity index (χ0v) is 10.5. The van der Waals surface area contributed by atoms with Crippen LogP contribution in [0.15, 0.2) is 23.9 Å². The summed E-state index contributed by atoms with van der Waals surface area (Å²) in [7, 11) is 0. The number of ether oxygens (including phenoxy) is 1. The van der Waals surface area contributed by atoms with Gasteiger partial charge in [-0.1, -0.05) is 0 Å². The highest BCUT2D eigenvalue weighted by Gasteiger charge is 2.25. The molecule has 17 heavy (non-hydrogen) atoms. The summed E-state index contributed by atoms with van der Waals surface area (Å²) in [6, 6.07) is 0. The fourth-order valence-corrected chi connectivity index (χ4v) is 1.42. The van der Waals surface area contributed by atoms with Crippen LogP contribution in [0.2, 0.25) is 0 Å². The second-order valence-corrected chi connectivity index (χ2v) is 4.91. The lowest BCUT2D eigenvalue weighted by molar-refractivity contribution is 0.0297. The third kappa shape index (κ3) is 4.20. The average Bonchev–Trinajstić information content (AvgIpc) is 2.15. The SMILES string of the molecule is CC(C)(C)OC(=O)N1C=CC(CCO)=CC1N. The van der Waals surface area contributed by atoms with Gasteiger partial charge in [0.2, 0.25) is 0 Å². The van der Waals surface area contributed by atoms with Gasteiger partial charge < -0.3 is 15.6 Å². The minimum atomic E-state index is -0.545. The summed E-state index contributed by atoms with van der Waals surface area (Å²) < 4.78 is 5.22. The van der Waals surface area contributed by atoms with E-state index in [0.717, 1.165) is 5.57 Å². The highest BCUT2D eigenvalue weighted by Crippen LogP contribution is 2.17. The molecule has 1 unspecified atom stereocenters. The van der Waals surface area contributed by atoms with Crippen LogP contribution in [0.5, 0.6) is 0 Å². The van der Waals surface area contributed by atoms with Gasteiger partial charge in [-0.05, 0) is 44.9 Å². The summed E-state index contributed by atoms with van der Waals surface area (Å²) in [4.78, 5) is 13.1. The second kappa shape index (κ2) is 5.33. The highest BCUT2D eigenvalue weighted by atomic mass is 16.6. The Balaban J connectivity index is 2.65. The Hall–Kier alpha value is -1.33. The van der Waals surface area contributed by atoms with E-state index >= 15 is 0 Å². The van der Waals surface area contributed by atoms with Gasteiger partial charge in [0.1, 0.15) is 11.8 Å². The number of nitrogens with two attached hydrogens (primary N) is 1. The summed E-state index contributed by atoms with van der Waals surface area (Å²) in [5.41, 5.74) is 6.21. The lowest BCUT2D eigenvalue weighted by Gasteiger charge is -2.30. The summed E-state index contributed by atoms with van der Waals surface area (Å²) in [5, 5.41) is 8.81. The van der Waals surface area contributed by atoms with Crippen molar-refractivity contribution in [1.82, 2.24) is 4.90 Å². The normalized spacial score (nSPS) is 20.2. The van der Waals surface area contributed by atoms with Crippen molar-refractivity contribution < 1.29 is 14.6 Å². The number of hydrogen-bond donors (Lipinski definition) is 2. The van der Waals surface area contributed by atoms with E-state index in [1.807, 2.05) is 0 Å². The van der Waals surface area contributed by atoms with Gasteiger partial charge in [0.05, 0.1) is 0 Å². The van der Waals surface area contributed by atoms with Crippen LogP contribution in [-0.2, 0) is 4.74 Å². The zero-order chi connectivity index (χ0) is 13.1. The van der Waals surface area contributed by atoms with Crippen LogP contribution in [0, 0.1) is 0 Å². The van der Waals surface area contributed by atoms with Crippen molar-refractivity contribution in [2.75, 3.05) is 6.61 Å². The summed E-state index contributed by atoms with van der Waals surface area (Å²) in [6.07, 6.45) is 4.59. The second-order valence-electron chi connectivity index (χ2n) is 4.91. The van der Waals surface area contributed by atoms with E-state index in [4.69, 9.17) is 15.6 Å². The molecule has 0 aromatic heterocycles. The number of nitrogens with zero attached hydrogens (tertiary/aromatic N) is 1. The maximum atomic E-state index is 11.8. The molecule has 0 fully saturated rings.